The zero-order chi connectivity index (χ0) is 38.9. The van der Waals surface area contributed by atoms with Crippen molar-refractivity contribution in [3.05, 3.63) is 95.2 Å². The Morgan fingerprint density at radius 2 is 1.61 bits per heavy atom. The Morgan fingerprint density at radius 1 is 0.944 bits per heavy atom. The molecule has 294 valence electrons. The smallest absolute Gasteiger partial charge is 0.374 e. The number of nitrogens with zero attached hydrogens (tertiary/aromatic N) is 2. The number of hydrogen-bond donors (Lipinski definition) is 1. The molecule has 3 aliphatic rings. The van der Waals surface area contributed by atoms with E-state index < -0.39 is 8.80 Å². The number of allylic oxidation sites excluding steroid dienone is 6. The van der Waals surface area contributed by atoms with E-state index in [4.69, 9.17) is 24.9 Å². The van der Waals surface area contributed by atoms with Crippen molar-refractivity contribution in [2.45, 2.75) is 116 Å². The number of nitrogens with one attached hydrogen (secondary N) is 1. The van der Waals surface area contributed by atoms with E-state index in [9.17, 15) is 4.79 Å². The maximum Gasteiger partial charge on any atom is 0.500 e. The normalized spacial score (nSPS) is 22.1. The molecule has 5 rings (SSSR count). The Balaban J connectivity index is 1.29. The maximum absolute atomic E-state index is 13.2. The molecular formula is C45H65ClN3O4Si+. The number of halogens is 1. The molecule has 0 bridgehead atoms. The number of rotatable bonds is 18. The van der Waals surface area contributed by atoms with Gasteiger partial charge in [0.15, 0.2) is 5.71 Å². The van der Waals surface area contributed by atoms with Gasteiger partial charge < -0.3 is 23.5 Å². The molecule has 1 saturated carbocycles. The largest absolute Gasteiger partial charge is 0.500 e. The average Bonchev–Trinajstić information content (AvgIpc) is 3.50. The van der Waals surface area contributed by atoms with Crippen molar-refractivity contribution < 1.29 is 22.6 Å². The predicted molar refractivity (Wildman–Crippen MR) is 226 cm³/mol. The molecule has 1 aliphatic carbocycles. The number of fused-ring (bicyclic) bond motifs is 2. The molecule has 2 unspecified atom stereocenters. The number of amides is 1. The summed E-state index contributed by atoms with van der Waals surface area (Å²) in [7, 11) is -2.73. The first kappa shape index (κ1) is 42.1. The summed E-state index contributed by atoms with van der Waals surface area (Å²) in [5.74, 6) is 0.301. The van der Waals surface area contributed by atoms with Gasteiger partial charge in [0.1, 0.15) is 6.54 Å². The van der Waals surface area contributed by atoms with Crippen molar-refractivity contribution in [2.75, 3.05) is 44.4 Å². The topological polar surface area (TPSA) is 63.0 Å². The van der Waals surface area contributed by atoms with Gasteiger partial charge in [-0.05, 0) is 83.9 Å². The highest BCUT2D eigenvalue weighted by atomic mass is 35.5. The first-order valence-corrected chi connectivity index (χ1v) is 22.8. The van der Waals surface area contributed by atoms with Crippen LogP contribution in [0.25, 0.3) is 0 Å². The lowest BCUT2D eigenvalue weighted by Crippen LogP contribution is -2.46. The number of anilines is 1. The zero-order valence-corrected chi connectivity index (χ0v) is 35.9. The van der Waals surface area contributed by atoms with Crippen molar-refractivity contribution in [2.24, 2.45) is 5.92 Å². The molecule has 9 heteroatoms. The monoisotopic (exact) mass is 774 g/mol. The average molecular weight is 776 g/mol. The lowest BCUT2D eigenvalue weighted by atomic mass is 9.79. The minimum absolute atomic E-state index is 0.0398. The molecule has 7 nitrogen and oxygen atoms in total. The fraction of sp³-hybridized carbons (Fsp3) is 0.556. The SMILES string of the molecule is CCC[N+]1=C(/C=C/C2CCC/C(=C\C=C3\N(CCC(=O)NCCC[Si](OCC)(OCC)OCC)c4ccccc4C3(C)C)C2Cl)C(C)(C)c2ccccc21. The molecule has 54 heavy (non-hydrogen) atoms. The minimum atomic E-state index is -2.73. The quantitative estimate of drug-likeness (QED) is 0.0708. The van der Waals surface area contributed by atoms with Gasteiger partial charge in [-0.2, -0.15) is 4.58 Å². The van der Waals surface area contributed by atoms with Crippen LogP contribution < -0.4 is 10.2 Å². The van der Waals surface area contributed by atoms with Crippen LogP contribution >= 0.6 is 11.6 Å². The molecule has 2 aromatic carbocycles. The highest BCUT2D eigenvalue weighted by molar-refractivity contribution is 6.60. The minimum Gasteiger partial charge on any atom is -0.374 e. The summed E-state index contributed by atoms with van der Waals surface area (Å²) >= 11 is 7.36. The van der Waals surface area contributed by atoms with Crippen molar-refractivity contribution in [1.29, 1.82) is 0 Å². The van der Waals surface area contributed by atoms with Gasteiger partial charge in [0.2, 0.25) is 11.6 Å². The zero-order valence-electron chi connectivity index (χ0n) is 34.2. The third-order valence-corrected chi connectivity index (χ3v) is 15.1. The first-order valence-electron chi connectivity index (χ1n) is 20.5. The highest BCUT2D eigenvalue weighted by Crippen LogP contribution is 2.48. The van der Waals surface area contributed by atoms with Crippen LogP contribution in [0.5, 0.6) is 0 Å². The van der Waals surface area contributed by atoms with Crippen LogP contribution in [-0.4, -0.2) is 69.8 Å². The van der Waals surface area contributed by atoms with Crippen molar-refractivity contribution >= 4 is 43.4 Å². The van der Waals surface area contributed by atoms with Crippen LogP contribution in [0, 0.1) is 5.92 Å². The fourth-order valence-corrected chi connectivity index (χ4v) is 11.7. The summed E-state index contributed by atoms with van der Waals surface area (Å²) in [4.78, 5) is 15.5. The lowest BCUT2D eigenvalue weighted by molar-refractivity contribution is -0.437. The Hall–Kier alpha value is -3.01. The summed E-state index contributed by atoms with van der Waals surface area (Å²) in [6.45, 7) is 21.2. The summed E-state index contributed by atoms with van der Waals surface area (Å²) in [5, 5.41) is 3.07. The molecular weight excluding hydrogens is 710 g/mol. The lowest BCUT2D eigenvalue weighted by Gasteiger charge is -2.29. The summed E-state index contributed by atoms with van der Waals surface area (Å²) < 4.78 is 20.5. The number of hydrogen-bond acceptors (Lipinski definition) is 5. The second kappa shape index (κ2) is 18.7. The maximum atomic E-state index is 13.2. The molecule has 1 N–H and O–H groups in total. The summed E-state index contributed by atoms with van der Waals surface area (Å²) in [5.41, 5.74) is 8.73. The van der Waals surface area contributed by atoms with E-state index in [0.717, 1.165) is 38.6 Å². The Kier molecular flexibility index (Phi) is 14.6. The standard InChI is InChI=1S/C45H64ClN3O4Si/c1-9-31-48-38-23-15-13-21-36(38)44(5,6)40(48)27-25-34-19-17-20-35(43(34)46)26-28-41-45(7,8)37-22-14-16-24-39(37)49(41)32-29-42(50)47-30-18-33-54(51-10-2,52-11-3)53-12-4/h13-16,21-28,34,43H,9-12,17-20,29-33H2,1-8H3/p+1/b27-25+,35-26+,41-28+. The molecule has 1 fully saturated rings. The van der Waals surface area contributed by atoms with Crippen LogP contribution in [0.4, 0.5) is 11.4 Å². The molecule has 0 radical (unpaired) electrons. The second-order valence-corrected chi connectivity index (χ2v) is 19.0. The fourth-order valence-electron chi connectivity index (χ4n) is 8.69. The van der Waals surface area contributed by atoms with Crippen molar-refractivity contribution in [1.82, 2.24) is 5.32 Å². The number of carbonyl (C=O) groups is 1. The van der Waals surface area contributed by atoms with E-state index in [1.807, 2.05) is 20.8 Å². The van der Waals surface area contributed by atoms with E-state index in [-0.39, 0.29) is 28.0 Å². The van der Waals surface area contributed by atoms with E-state index in [2.05, 4.69) is 122 Å². The molecule has 2 heterocycles. The van der Waals surface area contributed by atoms with E-state index >= 15 is 0 Å². The van der Waals surface area contributed by atoms with Gasteiger partial charge in [-0.1, -0.05) is 74.9 Å². The van der Waals surface area contributed by atoms with E-state index in [0.29, 0.717) is 45.4 Å². The van der Waals surface area contributed by atoms with Gasteiger partial charge in [-0.3, -0.25) is 4.79 Å². The molecule has 2 atom stereocenters. The number of alkyl halides is 1. The van der Waals surface area contributed by atoms with Gasteiger partial charge >= 0.3 is 8.80 Å². The van der Waals surface area contributed by atoms with E-state index in [1.54, 1.807) is 0 Å². The highest BCUT2D eigenvalue weighted by Gasteiger charge is 2.44. The third-order valence-electron chi connectivity index (χ3n) is 11.4. The Bertz CT molecular complexity index is 1710. The first-order chi connectivity index (χ1) is 25.9. The molecule has 0 aromatic heterocycles. The van der Waals surface area contributed by atoms with Gasteiger partial charge in [0, 0.05) is 86.3 Å². The predicted octanol–water partition coefficient (Wildman–Crippen LogP) is 9.99. The van der Waals surface area contributed by atoms with Gasteiger partial charge in [0.25, 0.3) is 0 Å². The van der Waals surface area contributed by atoms with Gasteiger partial charge in [0.05, 0.1) is 10.8 Å². The summed E-state index contributed by atoms with van der Waals surface area (Å²) in [6, 6.07) is 18.1. The van der Waals surface area contributed by atoms with E-state index in [1.165, 1.54) is 39.5 Å². The molecule has 2 aliphatic heterocycles. The molecule has 2 aromatic rings. The molecule has 0 saturated heterocycles. The summed E-state index contributed by atoms with van der Waals surface area (Å²) in [6.07, 6.45) is 14.7. The van der Waals surface area contributed by atoms with Crippen LogP contribution in [-0.2, 0) is 28.9 Å². The van der Waals surface area contributed by atoms with Gasteiger partial charge in [-0.15, -0.1) is 11.6 Å². The van der Waals surface area contributed by atoms with Gasteiger partial charge in [-0.25, -0.2) is 0 Å². The Morgan fingerprint density at radius 3 is 2.30 bits per heavy atom. The van der Waals surface area contributed by atoms with Crippen LogP contribution in [0.1, 0.15) is 105 Å². The van der Waals surface area contributed by atoms with Crippen molar-refractivity contribution in [3.63, 3.8) is 0 Å². The molecule has 1 amide bonds. The molecule has 0 spiro atoms. The second-order valence-electron chi connectivity index (χ2n) is 15.8. The van der Waals surface area contributed by atoms with Crippen molar-refractivity contribution in [3.8, 4) is 0 Å². The van der Waals surface area contributed by atoms with Crippen LogP contribution in [0.15, 0.2) is 84.1 Å². The number of benzene rings is 2. The number of carbonyl (C=O) groups excluding carboxylic acids is 1. The van der Waals surface area contributed by atoms with Crippen LogP contribution in [0.3, 0.4) is 0 Å². The Labute approximate surface area is 331 Å². The van der Waals surface area contributed by atoms with Crippen LogP contribution in [0.2, 0.25) is 6.04 Å². The number of para-hydroxylation sites is 2. The third kappa shape index (κ3) is 9.16.